The van der Waals surface area contributed by atoms with Gasteiger partial charge in [0.05, 0.1) is 0 Å². The number of hydrogen-bond acceptors (Lipinski definition) is 1. The Morgan fingerprint density at radius 2 is 1.25 bits per heavy atom. The summed E-state index contributed by atoms with van der Waals surface area (Å²) in [6.07, 6.45) is 0. The standard InChI is InChI=1S/O.Sb.Sn.Ti.3H. The molecule has 0 atom stereocenters. The second kappa shape index (κ2) is 19.3. The predicted octanol–water partition coefficient (Wildman–Crippen LogP) is -1.69. The van der Waals surface area contributed by atoms with Crippen LogP contribution < -0.4 is 0 Å². The molecule has 0 aromatic heterocycles. The van der Waals surface area contributed by atoms with Crippen LogP contribution in [0.25, 0.3) is 0 Å². The van der Waals surface area contributed by atoms with Crippen molar-refractivity contribution in [2.75, 3.05) is 0 Å². The molecule has 0 heterocycles. The molecule has 0 amide bonds. The van der Waals surface area contributed by atoms with E-state index in [9.17, 15) is 0 Å². The van der Waals surface area contributed by atoms with Gasteiger partial charge in [0.15, 0.2) is 0 Å². The van der Waals surface area contributed by atoms with E-state index in [-0.39, 0.29) is 46.1 Å². The zero-order chi connectivity index (χ0) is 2.00. The zero-order valence-corrected chi connectivity index (χ0v) is 10.6. The maximum atomic E-state index is 8.34. The molecule has 0 saturated carbocycles. The van der Waals surface area contributed by atoms with Crippen LogP contribution in [0, 0.1) is 0 Å². The van der Waals surface area contributed by atoms with Crippen molar-refractivity contribution in [1.29, 1.82) is 0 Å². The molecule has 0 unspecified atom stereocenters. The smallest absolute Gasteiger partial charge is 0 e. The van der Waals surface area contributed by atoms with Gasteiger partial charge in [0.1, 0.15) is 0 Å². The van der Waals surface area contributed by atoms with Gasteiger partial charge in [0.25, 0.3) is 0 Å². The number of hydrogen-bond donors (Lipinski definition) is 0. The molecule has 0 N–H and O–H groups in total. The summed E-state index contributed by atoms with van der Waals surface area (Å²) >= 11 is 0.300. The summed E-state index contributed by atoms with van der Waals surface area (Å²) in [6.45, 7) is 0. The summed E-state index contributed by atoms with van der Waals surface area (Å²) in [6, 6.07) is 0. The molecular weight excluding hydrogens is 304 g/mol. The first kappa shape index (κ1) is 16.5. The fourth-order valence-electron chi connectivity index (χ4n) is 0. The van der Waals surface area contributed by atoms with Crippen LogP contribution in [0.2, 0.25) is 0 Å². The molecule has 2 radical (unpaired) electrons. The van der Waals surface area contributed by atoms with E-state index < -0.39 is 0 Å². The topological polar surface area (TPSA) is 17.1 Å². The Labute approximate surface area is 70.7 Å². The third-order valence-corrected chi connectivity index (χ3v) is 0. The van der Waals surface area contributed by atoms with Crippen LogP contribution >= 0.6 is 0 Å². The van der Waals surface area contributed by atoms with Crippen molar-refractivity contribution >= 4 is 46.9 Å². The molecule has 0 aliphatic rings. The minimum Gasteiger partial charge on any atom is 0 e. The zero-order valence-electron chi connectivity index (χ0n) is 2.12. The SMILES string of the molecule is [O]=[Sn].[SbH3].[Ti]. The summed E-state index contributed by atoms with van der Waals surface area (Å²) in [5, 5.41) is 0. The fourth-order valence-corrected chi connectivity index (χ4v) is 0. The molecule has 4 heteroatoms. The van der Waals surface area contributed by atoms with E-state index in [0.29, 0.717) is 22.5 Å². The van der Waals surface area contributed by atoms with Crippen LogP contribution in [0.4, 0.5) is 0 Å². The molecule has 0 bridgehead atoms. The normalized spacial score (nSPS) is 1.00. The van der Waals surface area contributed by atoms with Crippen molar-refractivity contribution in [3.63, 3.8) is 0 Å². The summed E-state index contributed by atoms with van der Waals surface area (Å²) in [4.78, 5) is 0. The maximum Gasteiger partial charge on any atom is 0 e. The van der Waals surface area contributed by atoms with Crippen LogP contribution in [-0.4, -0.2) is 46.9 Å². The van der Waals surface area contributed by atoms with Gasteiger partial charge >= 0.3 is 50.0 Å². The van der Waals surface area contributed by atoms with E-state index in [1.54, 1.807) is 0 Å². The van der Waals surface area contributed by atoms with Crippen LogP contribution in [0.5, 0.6) is 0 Å². The van der Waals surface area contributed by atoms with E-state index in [2.05, 4.69) is 0 Å². The number of rotatable bonds is 0. The van der Waals surface area contributed by atoms with Crippen molar-refractivity contribution in [3.05, 3.63) is 0 Å². The van der Waals surface area contributed by atoms with Gasteiger partial charge in [-0.3, -0.25) is 0 Å². The summed E-state index contributed by atoms with van der Waals surface area (Å²) in [5.74, 6) is 0. The maximum absolute atomic E-state index is 8.34. The first-order valence-corrected chi connectivity index (χ1v) is 1.37. The Balaban J connectivity index is -0.00000000500. The molecule has 0 aromatic rings. The van der Waals surface area contributed by atoms with Crippen LogP contribution in [0.3, 0.4) is 0 Å². The molecule has 0 aliphatic carbocycles. The Morgan fingerprint density at radius 3 is 1.25 bits per heavy atom. The van der Waals surface area contributed by atoms with E-state index in [1.807, 2.05) is 0 Å². The third kappa shape index (κ3) is 8.92. The molecule has 0 fully saturated rings. The molecule has 4 heavy (non-hydrogen) atoms. The molecule has 22 valence electrons. The Hall–Kier alpha value is 2.13. The molecule has 0 rings (SSSR count). The van der Waals surface area contributed by atoms with Gasteiger partial charge in [-0.2, -0.15) is 0 Å². The molecule has 0 saturated heterocycles. The summed E-state index contributed by atoms with van der Waals surface area (Å²) in [7, 11) is 0. The van der Waals surface area contributed by atoms with Gasteiger partial charge in [0, 0.05) is 21.7 Å². The Kier molecular flexibility index (Phi) is 79.4. The molecule has 0 aliphatic heterocycles. The average Bonchev–Trinajstić information content (AvgIpc) is 1.00. The van der Waals surface area contributed by atoms with Crippen LogP contribution in [0.15, 0.2) is 0 Å². The summed E-state index contributed by atoms with van der Waals surface area (Å²) < 4.78 is 8.34. The van der Waals surface area contributed by atoms with Gasteiger partial charge in [0.2, 0.25) is 0 Å². The van der Waals surface area contributed by atoms with E-state index in [4.69, 9.17) is 3.08 Å². The average molecular weight is 307 g/mol. The van der Waals surface area contributed by atoms with Gasteiger partial charge < -0.3 is 0 Å². The van der Waals surface area contributed by atoms with Gasteiger partial charge in [-0.15, -0.1) is 0 Å². The first-order valence-electron chi connectivity index (χ1n) is 0.204. The quantitative estimate of drug-likeness (QED) is 0.488. The van der Waals surface area contributed by atoms with E-state index >= 15 is 0 Å². The molecule has 0 aromatic carbocycles. The van der Waals surface area contributed by atoms with Crippen molar-refractivity contribution in [2.24, 2.45) is 0 Å². The van der Waals surface area contributed by atoms with Crippen LogP contribution in [0.1, 0.15) is 0 Å². The molecular formula is H3OSbSnTi. The van der Waals surface area contributed by atoms with Crippen molar-refractivity contribution in [2.45, 2.75) is 0 Å². The second-order valence-electron chi connectivity index (χ2n) is 0. The van der Waals surface area contributed by atoms with E-state index in [0.717, 1.165) is 0 Å². The molecule has 0 spiro atoms. The third-order valence-electron chi connectivity index (χ3n) is 0. The van der Waals surface area contributed by atoms with Crippen molar-refractivity contribution < 1.29 is 24.8 Å². The van der Waals surface area contributed by atoms with Gasteiger partial charge in [-0.05, 0) is 0 Å². The Morgan fingerprint density at radius 1 is 1.25 bits per heavy atom. The monoisotopic (exact) mass is 308 g/mol. The minimum absolute atomic E-state index is 0. The minimum atomic E-state index is 0. The molecule has 1 nitrogen and oxygen atoms in total. The largest absolute Gasteiger partial charge is 0 e. The second-order valence-corrected chi connectivity index (χ2v) is 0. The van der Waals surface area contributed by atoms with Gasteiger partial charge in [-0.25, -0.2) is 0 Å². The van der Waals surface area contributed by atoms with Crippen molar-refractivity contribution in [3.8, 4) is 0 Å². The van der Waals surface area contributed by atoms with Gasteiger partial charge in [-0.1, -0.05) is 0 Å². The predicted molar refractivity (Wildman–Crippen MR) is 16.4 cm³/mol. The van der Waals surface area contributed by atoms with E-state index in [1.165, 1.54) is 0 Å². The fraction of sp³-hybridized carbons (Fsp3) is 0. The first-order chi connectivity index (χ1) is 1.00. The Bertz CT molecular complexity index is 8.00. The van der Waals surface area contributed by atoms with Crippen LogP contribution in [-0.2, 0) is 24.8 Å². The van der Waals surface area contributed by atoms with Crippen molar-refractivity contribution in [1.82, 2.24) is 0 Å². The summed E-state index contributed by atoms with van der Waals surface area (Å²) in [5.41, 5.74) is 0.